The van der Waals surface area contributed by atoms with Crippen LogP contribution in [0.15, 0.2) is 30.5 Å². The number of amides is 1. The number of ether oxygens (including phenoxy) is 2. The molecule has 0 radical (unpaired) electrons. The highest BCUT2D eigenvalue weighted by molar-refractivity contribution is 5.94. The van der Waals surface area contributed by atoms with Crippen molar-refractivity contribution in [2.75, 3.05) is 43.1 Å². The maximum atomic E-state index is 12.7. The van der Waals surface area contributed by atoms with Gasteiger partial charge in [0.15, 0.2) is 0 Å². The topological polar surface area (TPSA) is 93.6 Å². The van der Waals surface area contributed by atoms with Crippen LogP contribution in [0.3, 0.4) is 0 Å². The summed E-state index contributed by atoms with van der Waals surface area (Å²) in [5.41, 5.74) is 3.21. The Morgan fingerprint density at radius 1 is 1.23 bits per heavy atom. The molecule has 2 aromatic rings. The van der Waals surface area contributed by atoms with Crippen molar-refractivity contribution in [2.24, 2.45) is 5.92 Å². The quantitative estimate of drug-likeness (QED) is 0.756. The van der Waals surface area contributed by atoms with Crippen LogP contribution in [0.2, 0.25) is 0 Å². The summed E-state index contributed by atoms with van der Waals surface area (Å²) in [5.74, 6) is 0.235. The number of morpholine rings is 1. The number of hydrogen-bond acceptors (Lipinski definition) is 7. The van der Waals surface area contributed by atoms with Gasteiger partial charge in [-0.2, -0.15) is 0 Å². The Morgan fingerprint density at radius 3 is 2.73 bits per heavy atom. The molecule has 0 unspecified atom stereocenters. The number of aromatic nitrogens is 2. The van der Waals surface area contributed by atoms with E-state index in [0.717, 1.165) is 43.1 Å². The number of carbonyl (C=O) groups excluding carboxylic acids is 2. The second-order valence-corrected chi connectivity index (χ2v) is 7.47. The van der Waals surface area contributed by atoms with Crippen molar-refractivity contribution in [3.8, 4) is 0 Å². The number of rotatable bonds is 5. The van der Waals surface area contributed by atoms with Gasteiger partial charge < -0.3 is 19.7 Å². The van der Waals surface area contributed by atoms with Gasteiger partial charge in [0.1, 0.15) is 0 Å². The Balaban J connectivity index is 1.37. The molecule has 8 heteroatoms. The van der Waals surface area contributed by atoms with Crippen LogP contribution >= 0.6 is 0 Å². The third-order valence-corrected chi connectivity index (χ3v) is 5.47. The van der Waals surface area contributed by atoms with Crippen LogP contribution in [-0.2, 0) is 27.1 Å². The van der Waals surface area contributed by atoms with E-state index in [9.17, 15) is 9.59 Å². The summed E-state index contributed by atoms with van der Waals surface area (Å²) < 4.78 is 10.4. The highest BCUT2D eigenvalue weighted by Crippen LogP contribution is 2.26. The number of nitrogens with zero attached hydrogens (tertiary/aromatic N) is 3. The van der Waals surface area contributed by atoms with Gasteiger partial charge in [-0.1, -0.05) is 0 Å². The standard InChI is InChI=1S/C22H26N4O4/c1-2-30-21(28)15-3-6-18(7-4-15)24-20(27)16-5-8-19-17(13-16)14-23-22(25-19)26-9-11-29-12-10-26/h3-4,6-7,14,16H,2,5,8-13H2,1H3,(H,24,27)/t16-/m0/s1. The first-order chi connectivity index (χ1) is 14.6. The third kappa shape index (κ3) is 4.59. The number of carbonyl (C=O) groups is 2. The van der Waals surface area contributed by atoms with E-state index in [-0.39, 0.29) is 17.8 Å². The van der Waals surface area contributed by atoms with E-state index in [1.54, 1.807) is 31.2 Å². The zero-order valence-corrected chi connectivity index (χ0v) is 17.1. The highest BCUT2D eigenvalue weighted by atomic mass is 16.5. The van der Waals surface area contributed by atoms with Gasteiger partial charge in [0.25, 0.3) is 0 Å². The molecule has 2 heterocycles. The Hall–Kier alpha value is -3.00. The Morgan fingerprint density at radius 2 is 2.00 bits per heavy atom. The number of esters is 1. The number of aryl methyl sites for hydroxylation is 1. The van der Waals surface area contributed by atoms with Gasteiger partial charge in [-0.05, 0) is 56.0 Å². The summed E-state index contributed by atoms with van der Waals surface area (Å²) in [4.78, 5) is 35.9. The Kier molecular flexibility index (Phi) is 6.23. The molecule has 1 aromatic carbocycles. The third-order valence-electron chi connectivity index (χ3n) is 5.47. The molecule has 1 aromatic heterocycles. The van der Waals surface area contributed by atoms with E-state index in [4.69, 9.17) is 14.5 Å². The highest BCUT2D eigenvalue weighted by Gasteiger charge is 2.27. The monoisotopic (exact) mass is 410 g/mol. The van der Waals surface area contributed by atoms with Crippen molar-refractivity contribution in [1.29, 1.82) is 0 Å². The lowest BCUT2D eigenvalue weighted by Crippen LogP contribution is -2.38. The van der Waals surface area contributed by atoms with E-state index >= 15 is 0 Å². The molecule has 30 heavy (non-hydrogen) atoms. The first-order valence-corrected chi connectivity index (χ1v) is 10.4. The van der Waals surface area contributed by atoms with E-state index in [0.29, 0.717) is 37.5 Å². The lowest BCUT2D eigenvalue weighted by Gasteiger charge is -2.28. The maximum absolute atomic E-state index is 12.7. The van der Waals surface area contributed by atoms with Crippen LogP contribution in [0.25, 0.3) is 0 Å². The lowest BCUT2D eigenvalue weighted by molar-refractivity contribution is -0.120. The van der Waals surface area contributed by atoms with Crippen molar-refractivity contribution >= 4 is 23.5 Å². The minimum Gasteiger partial charge on any atom is -0.462 e. The molecule has 158 valence electrons. The first kappa shape index (κ1) is 20.3. The second-order valence-electron chi connectivity index (χ2n) is 7.47. The van der Waals surface area contributed by atoms with Crippen molar-refractivity contribution in [3.63, 3.8) is 0 Å². The first-order valence-electron chi connectivity index (χ1n) is 10.4. The van der Waals surface area contributed by atoms with Crippen LogP contribution in [0.5, 0.6) is 0 Å². The summed E-state index contributed by atoms with van der Waals surface area (Å²) in [6, 6.07) is 6.76. The lowest BCUT2D eigenvalue weighted by atomic mass is 9.86. The Bertz CT molecular complexity index is 910. The number of benzene rings is 1. The average Bonchev–Trinajstić information content (AvgIpc) is 2.79. The number of anilines is 2. The molecule has 8 nitrogen and oxygen atoms in total. The van der Waals surface area contributed by atoms with E-state index in [1.165, 1.54) is 0 Å². The van der Waals surface area contributed by atoms with Gasteiger partial charge in [0.05, 0.1) is 25.4 Å². The minimum absolute atomic E-state index is 0.0261. The minimum atomic E-state index is -0.365. The van der Waals surface area contributed by atoms with Crippen LogP contribution in [0.1, 0.15) is 35.0 Å². The summed E-state index contributed by atoms with van der Waals surface area (Å²) in [7, 11) is 0. The molecule has 4 rings (SSSR count). The van der Waals surface area contributed by atoms with Crippen molar-refractivity contribution in [2.45, 2.75) is 26.2 Å². The summed E-state index contributed by atoms with van der Waals surface area (Å²) in [6.45, 7) is 5.10. The molecule has 1 saturated heterocycles. The van der Waals surface area contributed by atoms with Gasteiger partial charge in [0.2, 0.25) is 11.9 Å². The zero-order chi connectivity index (χ0) is 20.9. The fourth-order valence-electron chi connectivity index (χ4n) is 3.78. The Labute approximate surface area is 175 Å². The van der Waals surface area contributed by atoms with Gasteiger partial charge >= 0.3 is 5.97 Å². The van der Waals surface area contributed by atoms with E-state index in [2.05, 4.69) is 15.2 Å². The van der Waals surface area contributed by atoms with Crippen LogP contribution in [0.4, 0.5) is 11.6 Å². The maximum Gasteiger partial charge on any atom is 0.338 e. The number of nitrogens with one attached hydrogen (secondary N) is 1. The molecule has 1 fully saturated rings. The van der Waals surface area contributed by atoms with Crippen LogP contribution in [-0.4, -0.2) is 54.8 Å². The van der Waals surface area contributed by atoms with Crippen molar-refractivity contribution < 1.29 is 19.1 Å². The molecule has 1 aliphatic carbocycles. The number of hydrogen-bond donors (Lipinski definition) is 1. The largest absolute Gasteiger partial charge is 0.462 e. The smallest absolute Gasteiger partial charge is 0.338 e. The van der Waals surface area contributed by atoms with Crippen LogP contribution < -0.4 is 10.2 Å². The molecule has 0 saturated carbocycles. The van der Waals surface area contributed by atoms with Crippen LogP contribution in [0, 0.1) is 5.92 Å². The molecule has 2 aliphatic rings. The SMILES string of the molecule is CCOC(=O)c1ccc(NC(=O)[C@H]2CCc3nc(N4CCOCC4)ncc3C2)cc1. The molecule has 0 spiro atoms. The molecule has 0 bridgehead atoms. The fourth-order valence-corrected chi connectivity index (χ4v) is 3.78. The van der Waals surface area contributed by atoms with Gasteiger partial charge in [-0.3, -0.25) is 4.79 Å². The normalized spacial score (nSPS) is 18.4. The predicted molar refractivity (Wildman–Crippen MR) is 112 cm³/mol. The molecular weight excluding hydrogens is 384 g/mol. The molecule has 1 atom stereocenters. The van der Waals surface area contributed by atoms with E-state index < -0.39 is 0 Å². The average molecular weight is 410 g/mol. The zero-order valence-electron chi connectivity index (χ0n) is 17.1. The predicted octanol–water partition coefficient (Wildman–Crippen LogP) is 2.23. The molecule has 1 N–H and O–H groups in total. The number of fused-ring (bicyclic) bond motifs is 1. The van der Waals surface area contributed by atoms with Gasteiger partial charge in [-0.25, -0.2) is 14.8 Å². The second kappa shape index (κ2) is 9.21. The summed E-state index contributed by atoms with van der Waals surface area (Å²) >= 11 is 0. The van der Waals surface area contributed by atoms with Gasteiger partial charge in [-0.15, -0.1) is 0 Å². The van der Waals surface area contributed by atoms with Crippen molar-refractivity contribution in [1.82, 2.24) is 9.97 Å². The summed E-state index contributed by atoms with van der Waals surface area (Å²) in [5, 5.41) is 2.95. The fraction of sp³-hybridized carbons (Fsp3) is 0.455. The molecule has 1 aliphatic heterocycles. The van der Waals surface area contributed by atoms with E-state index in [1.807, 2.05) is 6.20 Å². The van der Waals surface area contributed by atoms with Crippen molar-refractivity contribution in [3.05, 3.63) is 47.3 Å². The molecule has 1 amide bonds. The van der Waals surface area contributed by atoms with Gasteiger partial charge in [0, 0.05) is 36.6 Å². The summed E-state index contributed by atoms with van der Waals surface area (Å²) in [6.07, 6.45) is 4.00. The molecular formula is C22H26N4O4.